The number of benzene rings is 1. The summed E-state index contributed by atoms with van der Waals surface area (Å²) in [6.45, 7) is -1.40. The van der Waals surface area contributed by atoms with Crippen LogP contribution in [0.5, 0.6) is 0 Å². The number of amides is 2. The molecule has 1 aromatic carbocycles. The van der Waals surface area contributed by atoms with Gasteiger partial charge in [0, 0.05) is 29.2 Å². The smallest absolute Gasteiger partial charge is 0.374 e. The number of carbonyl (C=O) groups is 1. The maximum atomic E-state index is 12.2. The van der Waals surface area contributed by atoms with E-state index in [1.807, 2.05) is 35.5 Å². The van der Waals surface area contributed by atoms with Crippen molar-refractivity contribution < 1.29 is 18.0 Å². The predicted molar refractivity (Wildman–Crippen MR) is 108 cm³/mol. The molecule has 0 radical (unpaired) electrons. The molecule has 0 saturated carbocycles. The lowest BCUT2D eigenvalue weighted by Crippen LogP contribution is -2.36. The van der Waals surface area contributed by atoms with Gasteiger partial charge in [0.05, 0.1) is 5.70 Å². The van der Waals surface area contributed by atoms with E-state index in [0.29, 0.717) is 10.8 Å². The largest absolute Gasteiger partial charge is 0.405 e. The quantitative estimate of drug-likeness (QED) is 0.588. The van der Waals surface area contributed by atoms with Crippen LogP contribution in [0.2, 0.25) is 0 Å². The number of allylic oxidation sites excluding steroid dienone is 2. The highest BCUT2D eigenvalue weighted by Crippen LogP contribution is 2.33. The van der Waals surface area contributed by atoms with E-state index in [9.17, 15) is 18.0 Å². The Labute approximate surface area is 173 Å². The number of hydrogen-bond donors (Lipinski definition) is 4. The zero-order valence-electron chi connectivity index (χ0n) is 15.3. The van der Waals surface area contributed by atoms with E-state index in [-0.39, 0.29) is 6.17 Å². The van der Waals surface area contributed by atoms with Crippen LogP contribution in [0.4, 0.5) is 28.8 Å². The zero-order valence-corrected chi connectivity index (χ0v) is 16.1. The van der Waals surface area contributed by atoms with Crippen molar-refractivity contribution in [1.82, 2.24) is 25.7 Å². The Kier molecular flexibility index (Phi) is 5.08. The van der Waals surface area contributed by atoms with Gasteiger partial charge in [0.25, 0.3) is 0 Å². The van der Waals surface area contributed by atoms with E-state index in [1.165, 1.54) is 11.3 Å². The highest BCUT2D eigenvalue weighted by atomic mass is 32.1. The first kappa shape index (κ1) is 19.8. The molecule has 0 fully saturated rings. The first-order valence-electron chi connectivity index (χ1n) is 8.74. The maximum Gasteiger partial charge on any atom is 0.405 e. The van der Waals surface area contributed by atoms with Crippen molar-refractivity contribution in [2.45, 2.75) is 12.3 Å². The van der Waals surface area contributed by atoms with Crippen LogP contribution < -0.4 is 21.7 Å². The molecule has 2 aliphatic heterocycles. The minimum Gasteiger partial charge on any atom is -0.374 e. The Hall–Kier alpha value is -3.54. The second-order valence-corrected chi connectivity index (χ2v) is 7.44. The Morgan fingerprint density at radius 1 is 1.33 bits per heavy atom. The molecule has 1 atom stereocenters. The third-order valence-electron chi connectivity index (χ3n) is 4.27. The molecule has 5 N–H and O–H groups in total. The third-order valence-corrected chi connectivity index (χ3v) is 5.08. The van der Waals surface area contributed by atoms with Gasteiger partial charge in [0.15, 0.2) is 0 Å². The van der Waals surface area contributed by atoms with Gasteiger partial charge in [-0.05, 0) is 24.3 Å². The van der Waals surface area contributed by atoms with Crippen molar-refractivity contribution in [1.29, 1.82) is 0 Å². The van der Waals surface area contributed by atoms with Crippen LogP contribution >= 0.6 is 11.3 Å². The van der Waals surface area contributed by atoms with Crippen LogP contribution in [0.25, 0.3) is 11.3 Å². The Morgan fingerprint density at radius 2 is 2.17 bits per heavy atom. The summed E-state index contributed by atoms with van der Waals surface area (Å²) in [6, 6.07) is 5.90. The number of nitrogens with zero attached hydrogens (tertiary/aromatic N) is 3. The monoisotopic (exact) mass is 435 g/mol. The van der Waals surface area contributed by atoms with Crippen LogP contribution in [0.3, 0.4) is 0 Å². The number of halogens is 3. The lowest BCUT2D eigenvalue weighted by molar-refractivity contribution is -0.122. The van der Waals surface area contributed by atoms with Crippen LogP contribution in [0.1, 0.15) is 10.6 Å². The number of alkyl halides is 3. The van der Waals surface area contributed by atoms with E-state index in [2.05, 4.69) is 20.8 Å². The first-order chi connectivity index (χ1) is 14.3. The Bertz CT molecular complexity index is 1060. The molecule has 0 bridgehead atoms. The van der Waals surface area contributed by atoms with Gasteiger partial charge in [-0.15, -0.1) is 10.2 Å². The summed E-state index contributed by atoms with van der Waals surface area (Å²) in [4.78, 5) is 13.7. The van der Waals surface area contributed by atoms with Crippen LogP contribution in [0.15, 0.2) is 48.8 Å². The minimum atomic E-state index is -4.47. The van der Waals surface area contributed by atoms with Crippen LogP contribution in [-0.4, -0.2) is 40.0 Å². The van der Waals surface area contributed by atoms with Crippen LogP contribution in [0, 0.1) is 0 Å². The summed E-state index contributed by atoms with van der Waals surface area (Å²) < 4.78 is 36.7. The van der Waals surface area contributed by atoms with Gasteiger partial charge in [-0.1, -0.05) is 23.5 Å². The fourth-order valence-electron chi connectivity index (χ4n) is 2.99. The highest BCUT2D eigenvalue weighted by molar-refractivity contribution is 7.16. The number of carbonyl (C=O) groups excluding carboxylic acids is 1. The molecule has 8 nitrogen and oxygen atoms in total. The van der Waals surface area contributed by atoms with Crippen molar-refractivity contribution in [3.05, 3.63) is 59.4 Å². The van der Waals surface area contributed by atoms with Crippen LogP contribution in [-0.2, 0) is 0 Å². The first-order valence-corrected chi connectivity index (χ1v) is 9.56. The molecule has 1 unspecified atom stereocenters. The molecule has 2 amide bonds. The van der Waals surface area contributed by atoms with E-state index in [4.69, 9.17) is 5.73 Å². The predicted octanol–water partition coefficient (Wildman–Crippen LogP) is 2.94. The zero-order chi connectivity index (χ0) is 21.3. The van der Waals surface area contributed by atoms with Crippen molar-refractivity contribution in [2.24, 2.45) is 0 Å². The van der Waals surface area contributed by atoms with Crippen molar-refractivity contribution in [3.8, 4) is 0 Å². The number of hydrogen-bond acceptors (Lipinski definition) is 7. The number of nitrogens with two attached hydrogens (primary N) is 1. The number of rotatable bonds is 4. The molecule has 0 aliphatic carbocycles. The maximum absolute atomic E-state index is 12.2. The van der Waals surface area contributed by atoms with Crippen molar-refractivity contribution >= 4 is 39.5 Å². The molecule has 1 aromatic heterocycles. The molecule has 2 aromatic rings. The lowest BCUT2D eigenvalue weighted by Gasteiger charge is -2.27. The Balaban J connectivity index is 1.45. The molecule has 2 aliphatic rings. The number of anilines is 2. The molecular formula is C18H16F3N7OS. The molecule has 3 heterocycles. The topological polar surface area (TPSA) is 108 Å². The minimum absolute atomic E-state index is 0.142. The number of urea groups is 1. The number of nitrogen functional groups attached to an aromatic ring is 1. The number of fused-ring (bicyclic) bond motifs is 1. The summed E-state index contributed by atoms with van der Waals surface area (Å²) in [5.41, 5.74) is 8.53. The summed E-state index contributed by atoms with van der Waals surface area (Å²) >= 11 is 1.29. The number of nitrogens with one attached hydrogen (secondary N) is 3. The standard InChI is InChI=1S/C18H16F3N7OS/c19-18(20,21)9-24-17(29)25-12-3-1-2-10(6-12)13-8-23-14-7-11(4-5-28(13)14)15-26-27-16(22)30-15/h1-8,14,23H,9H2,(H2,22,27)(H2,24,25,29). The van der Waals surface area contributed by atoms with Gasteiger partial charge < -0.3 is 26.6 Å². The fourth-order valence-corrected chi connectivity index (χ4v) is 3.61. The molecule has 30 heavy (non-hydrogen) atoms. The summed E-state index contributed by atoms with van der Waals surface area (Å²) in [7, 11) is 0. The molecule has 156 valence electrons. The average molecular weight is 435 g/mol. The Morgan fingerprint density at radius 3 is 2.90 bits per heavy atom. The van der Waals surface area contributed by atoms with E-state index in [0.717, 1.165) is 21.8 Å². The molecule has 12 heteroatoms. The van der Waals surface area contributed by atoms with Gasteiger partial charge in [0.1, 0.15) is 17.7 Å². The SMILES string of the molecule is Nc1nnc(C2=CC3NC=C(c4cccc(NC(=O)NCC(F)(F)F)c4)N3C=C2)s1. The molecule has 0 saturated heterocycles. The van der Waals surface area contributed by atoms with E-state index in [1.54, 1.807) is 23.5 Å². The highest BCUT2D eigenvalue weighted by Gasteiger charge is 2.28. The van der Waals surface area contributed by atoms with Crippen molar-refractivity contribution in [2.75, 3.05) is 17.6 Å². The molecule has 4 rings (SSSR count). The average Bonchev–Trinajstić information content (AvgIpc) is 3.32. The van der Waals surface area contributed by atoms with Gasteiger partial charge in [-0.25, -0.2) is 4.79 Å². The lowest BCUT2D eigenvalue weighted by atomic mass is 10.1. The van der Waals surface area contributed by atoms with Gasteiger partial charge in [0.2, 0.25) is 5.13 Å². The summed E-state index contributed by atoms with van der Waals surface area (Å²) in [5.74, 6) is 0. The van der Waals surface area contributed by atoms with E-state index >= 15 is 0 Å². The summed E-state index contributed by atoms with van der Waals surface area (Å²) in [5, 5.41) is 16.4. The van der Waals surface area contributed by atoms with Gasteiger partial charge >= 0.3 is 12.2 Å². The molecular weight excluding hydrogens is 419 g/mol. The van der Waals surface area contributed by atoms with E-state index < -0.39 is 18.8 Å². The third kappa shape index (κ3) is 4.38. The second-order valence-electron chi connectivity index (χ2n) is 6.44. The second kappa shape index (κ2) is 7.71. The van der Waals surface area contributed by atoms with Crippen molar-refractivity contribution in [3.63, 3.8) is 0 Å². The summed E-state index contributed by atoms with van der Waals surface area (Å²) in [6.07, 6.45) is 2.98. The fraction of sp³-hybridized carbons (Fsp3) is 0.167. The van der Waals surface area contributed by atoms with Gasteiger partial charge in [-0.2, -0.15) is 13.2 Å². The normalized spacial score (nSPS) is 17.7. The number of aromatic nitrogens is 2. The molecule has 0 spiro atoms. The van der Waals surface area contributed by atoms with Gasteiger partial charge in [-0.3, -0.25) is 0 Å².